The molecule has 2 saturated heterocycles. The Bertz CT molecular complexity index is 2340. The molecular weight excluding hydrogens is 763 g/mol. The molecule has 5 heterocycles. The number of carbonyl (C=O) groups excluding carboxylic acids is 4. The molecule has 0 saturated carbocycles. The molecule has 3 aromatic carbocycles. The van der Waals surface area contributed by atoms with E-state index in [1.807, 2.05) is 73.1 Å². The van der Waals surface area contributed by atoms with E-state index in [4.69, 9.17) is 4.74 Å². The van der Waals surface area contributed by atoms with Crippen molar-refractivity contribution < 1.29 is 23.9 Å². The summed E-state index contributed by atoms with van der Waals surface area (Å²) in [5.41, 5.74) is 5.67. The van der Waals surface area contributed by atoms with Crippen LogP contribution in [0.1, 0.15) is 76.3 Å². The number of aromatic nitrogens is 5. The highest BCUT2D eigenvalue weighted by atomic mass is 16.5. The van der Waals surface area contributed by atoms with Gasteiger partial charge in [-0.1, -0.05) is 18.2 Å². The molecule has 5 aromatic rings. The molecular formula is C44H49N11O5. The van der Waals surface area contributed by atoms with Crippen LogP contribution >= 0.6 is 0 Å². The third-order valence-electron chi connectivity index (χ3n) is 11.5. The summed E-state index contributed by atoms with van der Waals surface area (Å²) in [4.78, 5) is 65.0. The lowest BCUT2D eigenvalue weighted by molar-refractivity contribution is -0.136. The summed E-state index contributed by atoms with van der Waals surface area (Å²) in [6.45, 7) is 8.09. The Kier molecular flexibility index (Phi) is 12.1. The van der Waals surface area contributed by atoms with Crippen LogP contribution < -0.4 is 25.6 Å². The zero-order valence-corrected chi connectivity index (χ0v) is 33.8. The standard InChI is InChI=1S/C44H49N11O5/c1-29(48-42(57)31-6-5-7-33(24-31)46-26-39-50-51-41(52(39)2)37-16-17-45-28-47-37)30-8-11-35(12-9-30)60-23-4-3-18-53-19-21-54(22-20-53)34-10-13-36-32(25-34)27-55(44(36)59)38-14-15-40(56)49-43(38)58/h5-13,16-17,24-25,28-29,38,46H,3-4,14-15,18-23,26-27H2,1-2H3,(H,48,57)(H,49,56,58)/t29-,38?/m1/s1. The minimum Gasteiger partial charge on any atom is -0.494 e. The van der Waals surface area contributed by atoms with Crippen molar-refractivity contribution in [3.8, 4) is 17.3 Å². The van der Waals surface area contributed by atoms with Gasteiger partial charge < -0.3 is 29.7 Å². The van der Waals surface area contributed by atoms with Crippen LogP contribution in [0.15, 0.2) is 85.3 Å². The van der Waals surface area contributed by atoms with E-state index in [2.05, 4.69) is 52.0 Å². The molecule has 1 unspecified atom stereocenters. The Labute approximate surface area is 348 Å². The Morgan fingerprint density at radius 3 is 2.58 bits per heavy atom. The summed E-state index contributed by atoms with van der Waals surface area (Å²) >= 11 is 0. The molecule has 0 radical (unpaired) electrons. The van der Waals surface area contributed by atoms with Gasteiger partial charge in [0, 0.05) is 74.9 Å². The van der Waals surface area contributed by atoms with E-state index in [9.17, 15) is 19.2 Å². The lowest BCUT2D eigenvalue weighted by Gasteiger charge is -2.36. The number of carbonyl (C=O) groups is 4. The van der Waals surface area contributed by atoms with E-state index >= 15 is 0 Å². The normalized spacial score (nSPS) is 17.3. The average molecular weight is 812 g/mol. The first-order valence-corrected chi connectivity index (χ1v) is 20.5. The van der Waals surface area contributed by atoms with Crippen LogP contribution in [0.2, 0.25) is 0 Å². The predicted molar refractivity (Wildman–Crippen MR) is 224 cm³/mol. The summed E-state index contributed by atoms with van der Waals surface area (Å²) in [6, 6.07) is 22.2. The van der Waals surface area contributed by atoms with Crippen LogP contribution in [0, 0.1) is 0 Å². The van der Waals surface area contributed by atoms with Gasteiger partial charge in [0.1, 0.15) is 23.8 Å². The summed E-state index contributed by atoms with van der Waals surface area (Å²) in [5, 5.41) is 17.4. The van der Waals surface area contributed by atoms with Gasteiger partial charge in [0.15, 0.2) is 11.6 Å². The van der Waals surface area contributed by atoms with Gasteiger partial charge in [-0.25, -0.2) is 9.97 Å². The van der Waals surface area contributed by atoms with Gasteiger partial charge in [0.2, 0.25) is 11.8 Å². The highest BCUT2D eigenvalue weighted by Gasteiger charge is 2.39. The molecule has 0 spiro atoms. The fourth-order valence-electron chi connectivity index (χ4n) is 7.94. The number of rotatable bonds is 15. The second-order valence-corrected chi connectivity index (χ2v) is 15.4. The molecule has 3 aliphatic rings. The number of unbranched alkanes of at least 4 members (excludes halogenated alkanes) is 1. The molecule has 2 fully saturated rings. The van der Waals surface area contributed by atoms with Crippen molar-refractivity contribution in [2.75, 3.05) is 49.5 Å². The number of benzene rings is 3. The summed E-state index contributed by atoms with van der Waals surface area (Å²) in [5.74, 6) is 1.19. The number of nitrogens with one attached hydrogen (secondary N) is 3. The number of hydrogen-bond acceptors (Lipinski definition) is 12. The van der Waals surface area contributed by atoms with Crippen molar-refractivity contribution in [3.63, 3.8) is 0 Å². The Morgan fingerprint density at radius 1 is 0.967 bits per heavy atom. The average Bonchev–Trinajstić information content (AvgIpc) is 3.81. The molecule has 8 rings (SSSR count). The molecule has 0 bridgehead atoms. The monoisotopic (exact) mass is 811 g/mol. The molecule has 0 aliphatic carbocycles. The van der Waals surface area contributed by atoms with E-state index in [1.165, 1.54) is 6.33 Å². The molecule has 3 N–H and O–H groups in total. The number of nitrogens with zero attached hydrogens (tertiary/aromatic N) is 8. The zero-order valence-electron chi connectivity index (χ0n) is 33.8. The van der Waals surface area contributed by atoms with Gasteiger partial charge in [-0.2, -0.15) is 0 Å². The third-order valence-corrected chi connectivity index (χ3v) is 11.5. The SMILES string of the molecule is C[C@@H](NC(=O)c1cccc(NCc2nnc(-c3ccncn3)n2C)c1)c1ccc(OCCCCN2CCN(c3ccc4c(c3)CN(C3CCC(=O)NC3=O)C4=O)CC2)cc1. The lowest BCUT2D eigenvalue weighted by Crippen LogP contribution is -2.52. The molecule has 4 amide bonds. The summed E-state index contributed by atoms with van der Waals surface area (Å²) in [6.07, 6.45) is 5.72. The van der Waals surface area contributed by atoms with Crippen molar-refractivity contribution in [1.82, 2.24) is 45.2 Å². The zero-order chi connectivity index (χ0) is 41.6. The van der Waals surface area contributed by atoms with Crippen molar-refractivity contribution in [3.05, 3.63) is 113 Å². The van der Waals surface area contributed by atoms with Gasteiger partial charge in [-0.05, 0) is 98.5 Å². The number of fused-ring (bicyclic) bond motifs is 1. The molecule has 16 nitrogen and oxygen atoms in total. The fraction of sp³-hybridized carbons (Fsp3) is 0.364. The summed E-state index contributed by atoms with van der Waals surface area (Å²) < 4.78 is 7.93. The van der Waals surface area contributed by atoms with E-state index in [-0.39, 0.29) is 36.1 Å². The van der Waals surface area contributed by atoms with Crippen molar-refractivity contribution in [2.45, 2.75) is 57.8 Å². The highest BCUT2D eigenvalue weighted by molar-refractivity contribution is 6.05. The number of piperazine rings is 1. The van der Waals surface area contributed by atoms with Crippen LogP contribution in [-0.4, -0.2) is 104 Å². The highest BCUT2D eigenvalue weighted by Crippen LogP contribution is 2.31. The van der Waals surface area contributed by atoms with Gasteiger partial charge in [0.05, 0.1) is 19.2 Å². The first kappa shape index (κ1) is 40.1. The van der Waals surface area contributed by atoms with Crippen molar-refractivity contribution in [1.29, 1.82) is 0 Å². The van der Waals surface area contributed by atoms with Gasteiger partial charge in [-0.3, -0.25) is 29.4 Å². The minimum absolute atomic E-state index is 0.146. The fourth-order valence-corrected chi connectivity index (χ4v) is 7.94. The summed E-state index contributed by atoms with van der Waals surface area (Å²) in [7, 11) is 1.89. The molecule has 2 aromatic heterocycles. The van der Waals surface area contributed by atoms with Crippen LogP contribution in [-0.2, 0) is 29.7 Å². The maximum absolute atomic E-state index is 13.2. The van der Waals surface area contributed by atoms with Gasteiger partial charge >= 0.3 is 0 Å². The predicted octanol–water partition coefficient (Wildman–Crippen LogP) is 4.12. The van der Waals surface area contributed by atoms with Crippen LogP contribution in [0.3, 0.4) is 0 Å². The Balaban J connectivity index is 0.727. The first-order chi connectivity index (χ1) is 29.2. The number of piperidine rings is 1. The third kappa shape index (κ3) is 9.13. The van der Waals surface area contributed by atoms with E-state index in [0.717, 1.165) is 79.6 Å². The Hall–Kier alpha value is -6.68. The maximum Gasteiger partial charge on any atom is 0.255 e. The second-order valence-electron chi connectivity index (χ2n) is 15.4. The molecule has 60 heavy (non-hydrogen) atoms. The van der Waals surface area contributed by atoms with E-state index < -0.39 is 6.04 Å². The largest absolute Gasteiger partial charge is 0.494 e. The molecule has 310 valence electrons. The van der Waals surface area contributed by atoms with E-state index in [0.29, 0.717) is 48.8 Å². The first-order valence-electron chi connectivity index (χ1n) is 20.5. The number of ether oxygens (including phenoxy) is 1. The molecule has 3 aliphatic heterocycles. The van der Waals surface area contributed by atoms with Crippen LogP contribution in [0.25, 0.3) is 11.5 Å². The van der Waals surface area contributed by atoms with Gasteiger partial charge in [0.25, 0.3) is 11.8 Å². The maximum atomic E-state index is 13.2. The molecule has 16 heteroatoms. The van der Waals surface area contributed by atoms with Crippen LogP contribution in [0.4, 0.5) is 11.4 Å². The molecule has 2 atom stereocenters. The minimum atomic E-state index is -0.605. The van der Waals surface area contributed by atoms with Crippen molar-refractivity contribution >= 4 is 35.0 Å². The second kappa shape index (κ2) is 18.1. The Morgan fingerprint density at radius 2 is 1.80 bits per heavy atom. The van der Waals surface area contributed by atoms with Crippen LogP contribution in [0.5, 0.6) is 5.75 Å². The number of hydrogen-bond donors (Lipinski definition) is 3. The number of amides is 4. The van der Waals surface area contributed by atoms with Crippen molar-refractivity contribution in [2.24, 2.45) is 7.05 Å². The number of imide groups is 1. The smallest absolute Gasteiger partial charge is 0.255 e. The quantitative estimate of drug-likeness (QED) is 0.102. The lowest BCUT2D eigenvalue weighted by atomic mass is 10.0. The van der Waals surface area contributed by atoms with Gasteiger partial charge in [-0.15, -0.1) is 10.2 Å². The number of anilines is 2. The van der Waals surface area contributed by atoms with E-state index in [1.54, 1.807) is 23.2 Å². The topological polar surface area (TPSA) is 180 Å².